The van der Waals surface area contributed by atoms with Crippen molar-refractivity contribution in [2.75, 3.05) is 0 Å². The number of hydrogen-bond donors (Lipinski definition) is 0. The highest BCUT2D eigenvalue weighted by Crippen LogP contribution is 2.27. The number of nitrogens with zero attached hydrogens (tertiary/aromatic N) is 5. The SMILES string of the molecule is Cc1ccc2nc(N=[N+]=[N-])n(-c3ccccc3)c2c1. The van der Waals surface area contributed by atoms with E-state index in [9.17, 15) is 0 Å². The molecule has 0 spiro atoms. The normalized spacial score (nSPS) is 10.4. The largest absolute Gasteiger partial charge is 0.291 e. The van der Waals surface area contributed by atoms with Crippen LogP contribution in [0.25, 0.3) is 27.2 Å². The summed E-state index contributed by atoms with van der Waals surface area (Å²) in [5.41, 5.74) is 12.5. The van der Waals surface area contributed by atoms with Crippen LogP contribution in [0.4, 0.5) is 5.95 Å². The zero-order valence-electron chi connectivity index (χ0n) is 10.4. The van der Waals surface area contributed by atoms with E-state index in [2.05, 4.69) is 15.0 Å². The molecule has 0 aliphatic carbocycles. The van der Waals surface area contributed by atoms with Gasteiger partial charge >= 0.3 is 0 Å². The summed E-state index contributed by atoms with van der Waals surface area (Å²) in [4.78, 5) is 7.21. The number of imidazole rings is 1. The van der Waals surface area contributed by atoms with Gasteiger partial charge in [-0.25, -0.2) is 4.98 Å². The van der Waals surface area contributed by atoms with Gasteiger partial charge in [-0.2, -0.15) is 0 Å². The van der Waals surface area contributed by atoms with Gasteiger partial charge in [-0.15, -0.1) is 0 Å². The van der Waals surface area contributed by atoms with Crippen molar-refractivity contribution < 1.29 is 0 Å². The molecule has 92 valence electrons. The highest BCUT2D eigenvalue weighted by atomic mass is 15.3. The Morgan fingerprint density at radius 3 is 2.68 bits per heavy atom. The van der Waals surface area contributed by atoms with Gasteiger partial charge in [0.15, 0.2) is 0 Å². The van der Waals surface area contributed by atoms with Crippen LogP contribution in [-0.4, -0.2) is 9.55 Å². The third kappa shape index (κ3) is 1.92. The van der Waals surface area contributed by atoms with Crippen molar-refractivity contribution in [2.45, 2.75) is 6.92 Å². The van der Waals surface area contributed by atoms with Gasteiger partial charge in [-0.3, -0.25) is 4.57 Å². The van der Waals surface area contributed by atoms with E-state index in [1.54, 1.807) is 0 Å². The van der Waals surface area contributed by atoms with Crippen molar-refractivity contribution >= 4 is 17.0 Å². The van der Waals surface area contributed by atoms with Crippen molar-refractivity contribution in [2.24, 2.45) is 5.11 Å². The predicted molar refractivity (Wildman–Crippen MR) is 74.6 cm³/mol. The third-order valence-corrected chi connectivity index (χ3v) is 2.94. The molecule has 2 aromatic carbocycles. The van der Waals surface area contributed by atoms with Crippen LogP contribution in [0, 0.1) is 6.92 Å². The Morgan fingerprint density at radius 1 is 1.16 bits per heavy atom. The summed E-state index contributed by atoms with van der Waals surface area (Å²) in [5.74, 6) is 0.356. The molecule has 0 amide bonds. The first-order chi connectivity index (χ1) is 9.29. The van der Waals surface area contributed by atoms with Crippen LogP contribution in [-0.2, 0) is 0 Å². The van der Waals surface area contributed by atoms with E-state index >= 15 is 0 Å². The highest BCUT2D eigenvalue weighted by Gasteiger charge is 2.10. The Balaban J connectivity index is 2.39. The smallest absolute Gasteiger partial charge is 0.202 e. The number of aryl methyl sites for hydroxylation is 1. The summed E-state index contributed by atoms with van der Waals surface area (Å²) < 4.78 is 1.86. The van der Waals surface area contributed by atoms with Crippen molar-refractivity contribution in [1.29, 1.82) is 0 Å². The molecule has 0 N–H and O–H groups in total. The van der Waals surface area contributed by atoms with E-state index in [1.807, 2.05) is 60.0 Å². The standard InChI is InChI=1S/C14H11N5/c1-10-7-8-12-13(9-10)19(14(16-12)17-18-15)11-5-3-2-4-6-11/h2-9H,1H3. The van der Waals surface area contributed by atoms with E-state index < -0.39 is 0 Å². The molecule has 0 saturated heterocycles. The Kier molecular flexibility index (Phi) is 2.67. The maximum atomic E-state index is 8.68. The summed E-state index contributed by atoms with van der Waals surface area (Å²) in [6.45, 7) is 2.02. The summed E-state index contributed by atoms with van der Waals surface area (Å²) >= 11 is 0. The molecule has 3 rings (SSSR count). The zero-order chi connectivity index (χ0) is 13.2. The van der Waals surface area contributed by atoms with Crippen LogP contribution in [0.3, 0.4) is 0 Å². The van der Waals surface area contributed by atoms with Gasteiger partial charge < -0.3 is 0 Å². The molecule has 5 nitrogen and oxygen atoms in total. The predicted octanol–water partition coefficient (Wildman–Crippen LogP) is 4.28. The van der Waals surface area contributed by atoms with Crippen LogP contribution in [0.5, 0.6) is 0 Å². The van der Waals surface area contributed by atoms with Crippen LogP contribution in [0.1, 0.15) is 5.56 Å². The first-order valence-electron chi connectivity index (χ1n) is 5.89. The molecule has 1 heterocycles. The number of hydrogen-bond acceptors (Lipinski definition) is 2. The van der Waals surface area contributed by atoms with Crippen LogP contribution >= 0.6 is 0 Å². The van der Waals surface area contributed by atoms with Gasteiger partial charge in [0.05, 0.1) is 11.0 Å². The first-order valence-corrected chi connectivity index (χ1v) is 5.89. The maximum Gasteiger partial charge on any atom is 0.202 e. The number of rotatable bonds is 2. The number of fused-ring (bicyclic) bond motifs is 1. The summed E-state index contributed by atoms with van der Waals surface area (Å²) in [7, 11) is 0. The minimum Gasteiger partial charge on any atom is -0.291 e. The number of benzene rings is 2. The minimum atomic E-state index is 0.356. The molecule has 19 heavy (non-hydrogen) atoms. The summed E-state index contributed by atoms with van der Waals surface area (Å²) in [6.07, 6.45) is 0. The third-order valence-electron chi connectivity index (χ3n) is 2.94. The molecular weight excluding hydrogens is 238 g/mol. The molecule has 0 unspecified atom stereocenters. The fourth-order valence-corrected chi connectivity index (χ4v) is 2.11. The lowest BCUT2D eigenvalue weighted by molar-refractivity contribution is 1.07. The van der Waals surface area contributed by atoms with E-state index in [-0.39, 0.29) is 0 Å². The van der Waals surface area contributed by atoms with E-state index in [0.717, 1.165) is 22.3 Å². The molecule has 0 fully saturated rings. The van der Waals surface area contributed by atoms with E-state index in [4.69, 9.17) is 5.53 Å². The molecule has 0 bridgehead atoms. The van der Waals surface area contributed by atoms with Crippen LogP contribution in [0.2, 0.25) is 0 Å². The fraction of sp³-hybridized carbons (Fsp3) is 0.0714. The van der Waals surface area contributed by atoms with Gasteiger partial charge in [0, 0.05) is 10.6 Å². The fourth-order valence-electron chi connectivity index (χ4n) is 2.11. The van der Waals surface area contributed by atoms with Gasteiger partial charge in [-0.05, 0) is 47.4 Å². The van der Waals surface area contributed by atoms with E-state index in [1.165, 1.54) is 0 Å². The monoisotopic (exact) mass is 249 g/mol. The van der Waals surface area contributed by atoms with Crippen LogP contribution in [0.15, 0.2) is 53.6 Å². The Morgan fingerprint density at radius 2 is 1.95 bits per heavy atom. The summed E-state index contributed by atoms with van der Waals surface area (Å²) in [5, 5.41) is 3.68. The molecule has 1 aromatic heterocycles. The minimum absolute atomic E-state index is 0.356. The Labute approximate surface area is 109 Å². The second kappa shape index (κ2) is 4.48. The molecule has 5 heteroatoms. The lowest BCUT2D eigenvalue weighted by atomic mass is 10.2. The summed E-state index contributed by atoms with van der Waals surface area (Å²) in [6, 6.07) is 15.7. The first kappa shape index (κ1) is 11.3. The Bertz CT molecular complexity index is 782. The van der Waals surface area contributed by atoms with Crippen molar-refractivity contribution in [3.8, 4) is 5.69 Å². The number of aromatic nitrogens is 2. The second-order valence-corrected chi connectivity index (χ2v) is 4.26. The average Bonchev–Trinajstić information content (AvgIpc) is 2.77. The second-order valence-electron chi connectivity index (χ2n) is 4.26. The molecule has 3 aromatic rings. The number of azide groups is 1. The quantitative estimate of drug-likeness (QED) is 0.380. The molecule has 0 atom stereocenters. The number of para-hydroxylation sites is 1. The Hall–Kier alpha value is -2.78. The topological polar surface area (TPSA) is 66.6 Å². The zero-order valence-corrected chi connectivity index (χ0v) is 10.4. The average molecular weight is 249 g/mol. The van der Waals surface area contributed by atoms with Gasteiger partial charge in [-0.1, -0.05) is 24.3 Å². The van der Waals surface area contributed by atoms with Gasteiger partial charge in [0.2, 0.25) is 5.95 Å². The van der Waals surface area contributed by atoms with Gasteiger partial charge in [0.25, 0.3) is 0 Å². The lowest BCUT2D eigenvalue weighted by Gasteiger charge is -2.06. The van der Waals surface area contributed by atoms with Crippen molar-refractivity contribution in [3.63, 3.8) is 0 Å². The molecule has 0 radical (unpaired) electrons. The van der Waals surface area contributed by atoms with Gasteiger partial charge in [0.1, 0.15) is 0 Å². The highest BCUT2D eigenvalue weighted by molar-refractivity contribution is 5.81. The molecule has 0 aliphatic heterocycles. The van der Waals surface area contributed by atoms with E-state index in [0.29, 0.717) is 5.95 Å². The molecule has 0 aliphatic rings. The molecular formula is C14H11N5. The van der Waals surface area contributed by atoms with Crippen LogP contribution < -0.4 is 0 Å². The molecule has 0 saturated carbocycles. The van der Waals surface area contributed by atoms with Crippen molar-refractivity contribution in [1.82, 2.24) is 9.55 Å². The maximum absolute atomic E-state index is 8.68. The van der Waals surface area contributed by atoms with Crippen molar-refractivity contribution in [3.05, 3.63) is 64.5 Å². The lowest BCUT2D eigenvalue weighted by Crippen LogP contribution is -1.92.